The number of carbonyl (C=O) groups is 2. The normalized spacial score (nSPS) is 12.2. The van der Waals surface area contributed by atoms with Crippen molar-refractivity contribution in [3.8, 4) is 0 Å². The average Bonchev–Trinajstić information content (AvgIpc) is 2.76. The smallest absolute Gasteiger partial charge is 0.244 e. The highest BCUT2D eigenvalue weighted by atomic mass is 32.2. The molecule has 0 aromatic heterocycles. The Morgan fingerprint density at radius 1 is 0.970 bits per heavy atom. The van der Waals surface area contributed by atoms with Crippen LogP contribution in [0.15, 0.2) is 48.5 Å². The second kappa shape index (κ2) is 11.8. The molecule has 8 heteroatoms. The summed E-state index contributed by atoms with van der Waals surface area (Å²) in [5, 5.41) is 2.87. The van der Waals surface area contributed by atoms with E-state index in [1.54, 1.807) is 31.2 Å². The second-order valence-corrected chi connectivity index (χ2v) is 10.3. The van der Waals surface area contributed by atoms with E-state index in [9.17, 15) is 18.0 Å². The standard InChI is InChI=1S/C25H35N3O4S/c1-6-7-16-26-25(30)21(4)27(17-22-12-8-19(2)9-13-22)24(29)18-28(33(5,31)32)23-14-10-20(3)11-15-23/h8-15,21H,6-7,16-18H2,1-5H3,(H,26,30)/t21-/m0/s1. The highest BCUT2D eigenvalue weighted by Gasteiger charge is 2.29. The van der Waals surface area contributed by atoms with Crippen molar-refractivity contribution < 1.29 is 18.0 Å². The number of nitrogens with one attached hydrogen (secondary N) is 1. The minimum atomic E-state index is -3.72. The second-order valence-electron chi connectivity index (χ2n) is 8.43. The molecular weight excluding hydrogens is 438 g/mol. The third-order valence-corrected chi connectivity index (χ3v) is 6.61. The third kappa shape index (κ3) is 7.89. The predicted molar refractivity (Wildman–Crippen MR) is 132 cm³/mol. The van der Waals surface area contributed by atoms with Crippen LogP contribution in [-0.2, 0) is 26.2 Å². The first kappa shape index (κ1) is 26.4. The van der Waals surface area contributed by atoms with Gasteiger partial charge < -0.3 is 10.2 Å². The molecule has 2 amide bonds. The molecule has 0 aliphatic carbocycles. The molecule has 2 rings (SSSR count). The summed E-state index contributed by atoms with van der Waals surface area (Å²) in [6.45, 7) is 7.93. The summed E-state index contributed by atoms with van der Waals surface area (Å²) in [4.78, 5) is 27.6. The lowest BCUT2D eigenvalue weighted by molar-refractivity contribution is -0.139. The van der Waals surface area contributed by atoms with Gasteiger partial charge in [0.15, 0.2) is 0 Å². The molecular formula is C25H35N3O4S. The fourth-order valence-electron chi connectivity index (χ4n) is 3.33. The number of nitrogens with zero attached hydrogens (tertiary/aromatic N) is 2. The van der Waals surface area contributed by atoms with Gasteiger partial charge in [0.25, 0.3) is 0 Å². The van der Waals surface area contributed by atoms with Gasteiger partial charge in [-0.25, -0.2) is 8.42 Å². The van der Waals surface area contributed by atoms with E-state index in [-0.39, 0.29) is 19.0 Å². The van der Waals surface area contributed by atoms with Crippen LogP contribution in [0.3, 0.4) is 0 Å². The molecule has 0 spiro atoms. The first-order chi connectivity index (χ1) is 15.5. The van der Waals surface area contributed by atoms with E-state index in [1.165, 1.54) is 4.90 Å². The molecule has 1 N–H and O–H groups in total. The van der Waals surface area contributed by atoms with Crippen LogP contribution >= 0.6 is 0 Å². The van der Waals surface area contributed by atoms with Gasteiger partial charge >= 0.3 is 0 Å². The minimum Gasteiger partial charge on any atom is -0.354 e. The molecule has 2 aromatic rings. The van der Waals surface area contributed by atoms with Crippen molar-refractivity contribution in [1.29, 1.82) is 0 Å². The SMILES string of the molecule is CCCCNC(=O)[C@H](C)N(Cc1ccc(C)cc1)C(=O)CN(c1ccc(C)cc1)S(C)(=O)=O. The zero-order valence-corrected chi connectivity index (χ0v) is 21.0. The number of rotatable bonds is 11. The number of unbranched alkanes of at least 4 members (excludes halogenated alkanes) is 1. The first-order valence-electron chi connectivity index (χ1n) is 11.2. The number of sulfonamides is 1. The Labute approximate surface area is 197 Å². The van der Waals surface area contributed by atoms with Gasteiger partial charge in [0, 0.05) is 13.1 Å². The van der Waals surface area contributed by atoms with Crippen molar-refractivity contribution in [2.45, 2.75) is 53.1 Å². The molecule has 2 aromatic carbocycles. The largest absolute Gasteiger partial charge is 0.354 e. The van der Waals surface area contributed by atoms with Crippen LogP contribution in [-0.4, -0.2) is 50.5 Å². The van der Waals surface area contributed by atoms with Crippen LogP contribution in [0, 0.1) is 13.8 Å². The molecule has 0 unspecified atom stereocenters. The van der Waals surface area contributed by atoms with Crippen molar-refractivity contribution in [3.63, 3.8) is 0 Å². The number of benzene rings is 2. The van der Waals surface area contributed by atoms with Crippen LogP contribution < -0.4 is 9.62 Å². The molecule has 180 valence electrons. The molecule has 0 aliphatic heterocycles. The molecule has 0 aliphatic rings. The molecule has 0 heterocycles. The Hall–Kier alpha value is -2.87. The van der Waals surface area contributed by atoms with Gasteiger partial charge in [-0.3, -0.25) is 13.9 Å². The van der Waals surface area contributed by atoms with Gasteiger partial charge in [-0.15, -0.1) is 0 Å². The number of aryl methyl sites for hydroxylation is 2. The van der Waals surface area contributed by atoms with Crippen LogP contribution in [0.25, 0.3) is 0 Å². The van der Waals surface area contributed by atoms with Gasteiger partial charge in [-0.2, -0.15) is 0 Å². The van der Waals surface area contributed by atoms with Gasteiger partial charge in [-0.1, -0.05) is 60.9 Å². The van der Waals surface area contributed by atoms with Crippen molar-refractivity contribution in [2.24, 2.45) is 0 Å². The fourth-order valence-corrected chi connectivity index (χ4v) is 4.18. The topological polar surface area (TPSA) is 86.8 Å². The van der Waals surface area contributed by atoms with Gasteiger partial charge in [0.2, 0.25) is 21.8 Å². The predicted octanol–water partition coefficient (Wildman–Crippen LogP) is 3.40. The van der Waals surface area contributed by atoms with Crippen LogP contribution in [0.4, 0.5) is 5.69 Å². The number of hydrogen-bond donors (Lipinski definition) is 1. The van der Waals surface area contributed by atoms with Crippen molar-refractivity contribution in [3.05, 3.63) is 65.2 Å². The summed E-state index contributed by atoms with van der Waals surface area (Å²) >= 11 is 0. The van der Waals surface area contributed by atoms with E-state index in [4.69, 9.17) is 0 Å². The summed E-state index contributed by atoms with van der Waals surface area (Å²) in [5.74, 6) is -0.704. The van der Waals surface area contributed by atoms with E-state index in [0.717, 1.165) is 40.1 Å². The summed E-state index contributed by atoms with van der Waals surface area (Å²) in [6, 6.07) is 13.9. The molecule has 0 radical (unpaired) electrons. The van der Waals surface area contributed by atoms with E-state index in [2.05, 4.69) is 5.32 Å². The Kier molecular flexibility index (Phi) is 9.46. The lowest BCUT2D eigenvalue weighted by Gasteiger charge is -2.31. The van der Waals surface area contributed by atoms with Crippen molar-refractivity contribution >= 4 is 27.5 Å². The van der Waals surface area contributed by atoms with Crippen molar-refractivity contribution in [1.82, 2.24) is 10.2 Å². The van der Waals surface area contributed by atoms with Gasteiger partial charge in [0.05, 0.1) is 11.9 Å². The van der Waals surface area contributed by atoms with Gasteiger partial charge in [0.1, 0.15) is 12.6 Å². The quantitative estimate of drug-likeness (QED) is 0.507. The van der Waals surface area contributed by atoms with E-state index in [1.807, 2.05) is 45.0 Å². The zero-order chi connectivity index (χ0) is 24.6. The fraction of sp³-hybridized carbons (Fsp3) is 0.440. The van der Waals surface area contributed by atoms with Gasteiger partial charge in [-0.05, 0) is 44.9 Å². The van der Waals surface area contributed by atoms with E-state index >= 15 is 0 Å². The molecule has 0 saturated carbocycles. The maximum atomic E-state index is 13.4. The lowest BCUT2D eigenvalue weighted by Crippen LogP contribution is -2.51. The minimum absolute atomic E-state index is 0.201. The number of hydrogen-bond acceptors (Lipinski definition) is 4. The Balaban J connectivity index is 2.32. The van der Waals surface area contributed by atoms with Crippen LogP contribution in [0.1, 0.15) is 43.4 Å². The summed E-state index contributed by atoms with van der Waals surface area (Å²) in [5.41, 5.74) is 3.34. The lowest BCUT2D eigenvalue weighted by atomic mass is 10.1. The molecule has 0 fully saturated rings. The van der Waals surface area contributed by atoms with Crippen LogP contribution in [0.5, 0.6) is 0 Å². The monoisotopic (exact) mass is 473 g/mol. The molecule has 0 saturated heterocycles. The maximum absolute atomic E-state index is 13.4. The summed E-state index contributed by atoms with van der Waals surface area (Å²) in [6.07, 6.45) is 2.87. The number of anilines is 1. The number of carbonyl (C=O) groups excluding carboxylic acids is 2. The molecule has 0 bridgehead atoms. The Morgan fingerprint density at radius 3 is 2.03 bits per heavy atom. The molecule has 7 nitrogen and oxygen atoms in total. The average molecular weight is 474 g/mol. The Morgan fingerprint density at radius 2 is 1.52 bits per heavy atom. The molecule has 1 atom stereocenters. The molecule has 33 heavy (non-hydrogen) atoms. The zero-order valence-electron chi connectivity index (χ0n) is 20.2. The van der Waals surface area contributed by atoms with E-state index in [0.29, 0.717) is 12.2 Å². The van der Waals surface area contributed by atoms with Crippen molar-refractivity contribution in [2.75, 3.05) is 23.7 Å². The highest BCUT2D eigenvalue weighted by molar-refractivity contribution is 7.92. The Bertz CT molecular complexity index is 1030. The summed E-state index contributed by atoms with van der Waals surface area (Å²) < 4.78 is 26.1. The maximum Gasteiger partial charge on any atom is 0.244 e. The number of amides is 2. The van der Waals surface area contributed by atoms with E-state index < -0.39 is 22.0 Å². The summed E-state index contributed by atoms with van der Waals surface area (Å²) in [7, 11) is -3.72. The van der Waals surface area contributed by atoms with Crippen LogP contribution in [0.2, 0.25) is 0 Å². The highest BCUT2D eigenvalue weighted by Crippen LogP contribution is 2.19. The first-order valence-corrected chi connectivity index (χ1v) is 13.0. The third-order valence-electron chi connectivity index (χ3n) is 5.47.